The van der Waals surface area contributed by atoms with Crippen LogP contribution in [0.3, 0.4) is 0 Å². The van der Waals surface area contributed by atoms with E-state index < -0.39 is 0 Å². The average Bonchev–Trinajstić information content (AvgIpc) is 3.17. The van der Waals surface area contributed by atoms with Crippen molar-refractivity contribution in [3.8, 4) is 0 Å². The van der Waals surface area contributed by atoms with Gasteiger partial charge in [0.1, 0.15) is 5.78 Å². The predicted octanol–water partition coefficient (Wildman–Crippen LogP) is 4.80. The molecular weight excluding hydrogens is 336 g/mol. The van der Waals surface area contributed by atoms with Crippen molar-refractivity contribution in [3.63, 3.8) is 0 Å². The summed E-state index contributed by atoms with van der Waals surface area (Å²) in [6.45, 7) is 2.68. The van der Waals surface area contributed by atoms with E-state index in [9.17, 15) is 4.79 Å². The van der Waals surface area contributed by atoms with E-state index in [-0.39, 0.29) is 5.41 Å². The number of benzene rings is 2. The van der Waals surface area contributed by atoms with Crippen LogP contribution in [0.2, 0.25) is 0 Å². The Hall–Kier alpha value is -1.97. The molecule has 0 radical (unpaired) electrons. The second-order valence-corrected chi connectivity index (χ2v) is 8.33. The van der Waals surface area contributed by atoms with Gasteiger partial charge in [-0.1, -0.05) is 60.7 Å². The van der Waals surface area contributed by atoms with Gasteiger partial charge in [-0.2, -0.15) is 0 Å². The van der Waals surface area contributed by atoms with Gasteiger partial charge in [0.15, 0.2) is 0 Å². The maximum absolute atomic E-state index is 11.8. The molecule has 0 spiro atoms. The molecule has 0 N–H and O–H groups in total. The zero-order chi connectivity index (χ0) is 18.5. The molecule has 2 saturated carbocycles. The van der Waals surface area contributed by atoms with Gasteiger partial charge >= 0.3 is 0 Å². The molecule has 2 aromatic carbocycles. The lowest BCUT2D eigenvalue weighted by atomic mass is 9.85. The van der Waals surface area contributed by atoms with E-state index >= 15 is 0 Å². The molecule has 0 saturated heterocycles. The highest BCUT2D eigenvalue weighted by Crippen LogP contribution is 2.52. The van der Waals surface area contributed by atoms with Crippen LogP contribution in [0.5, 0.6) is 0 Å². The van der Waals surface area contributed by atoms with Gasteiger partial charge < -0.3 is 9.47 Å². The molecule has 3 nitrogen and oxygen atoms in total. The zero-order valence-corrected chi connectivity index (χ0v) is 15.8. The van der Waals surface area contributed by atoms with Crippen molar-refractivity contribution in [1.82, 2.24) is 0 Å². The summed E-state index contributed by atoms with van der Waals surface area (Å²) in [5.41, 5.74) is 2.44. The van der Waals surface area contributed by atoms with Gasteiger partial charge in [-0.05, 0) is 35.8 Å². The fraction of sp³-hybridized carbons (Fsp3) is 0.458. The number of carbonyl (C=O) groups excluding carboxylic acids is 1. The third-order valence-electron chi connectivity index (χ3n) is 6.08. The van der Waals surface area contributed by atoms with E-state index in [1.165, 1.54) is 11.1 Å². The van der Waals surface area contributed by atoms with Crippen LogP contribution in [0.1, 0.15) is 36.8 Å². The average molecular weight is 364 g/mol. The van der Waals surface area contributed by atoms with Gasteiger partial charge in [0.05, 0.1) is 26.4 Å². The van der Waals surface area contributed by atoms with Crippen molar-refractivity contribution in [3.05, 3.63) is 71.8 Å². The fourth-order valence-corrected chi connectivity index (χ4v) is 4.87. The van der Waals surface area contributed by atoms with Crippen molar-refractivity contribution in [2.45, 2.75) is 38.9 Å². The highest BCUT2D eigenvalue weighted by molar-refractivity contribution is 5.81. The minimum Gasteiger partial charge on any atom is -0.376 e. The number of ketones is 1. The largest absolute Gasteiger partial charge is 0.376 e. The smallest absolute Gasteiger partial charge is 0.133 e. The first-order valence-electron chi connectivity index (χ1n) is 9.97. The predicted molar refractivity (Wildman–Crippen MR) is 105 cm³/mol. The number of carbonyl (C=O) groups is 1. The van der Waals surface area contributed by atoms with E-state index in [2.05, 4.69) is 24.3 Å². The quantitative estimate of drug-likeness (QED) is 0.675. The minimum absolute atomic E-state index is 0.0413. The Labute approximate surface area is 161 Å². The van der Waals surface area contributed by atoms with E-state index in [0.29, 0.717) is 44.0 Å². The van der Waals surface area contributed by atoms with Crippen molar-refractivity contribution in [2.24, 2.45) is 17.3 Å². The lowest BCUT2D eigenvalue weighted by molar-refractivity contribution is -0.118. The maximum Gasteiger partial charge on any atom is 0.133 e. The molecule has 0 bridgehead atoms. The van der Waals surface area contributed by atoms with Crippen LogP contribution >= 0.6 is 0 Å². The highest BCUT2D eigenvalue weighted by Gasteiger charge is 2.49. The van der Waals surface area contributed by atoms with Gasteiger partial charge in [-0.3, -0.25) is 4.79 Å². The monoisotopic (exact) mass is 364 g/mol. The minimum atomic E-state index is 0.0413. The van der Waals surface area contributed by atoms with E-state index in [1.807, 2.05) is 36.4 Å². The lowest BCUT2D eigenvalue weighted by Gasteiger charge is -2.30. The Morgan fingerprint density at radius 2 is 1.19 bits per heavy atom. The number of ether oxygens (including phenoxy) is 2. The van der Waals surface area contributed by atoms with Crippen LogP contribution < -0.4 is 0 Å². The molecule has 2 aromatic rings. The van der Waals surface area contributed by atoms with Crippen molar-refractivity contribution in [1.29, 1.82) is 0 Å². The molecule has 0 aliphatic heterocycles. The lowest BCUT2D eigenvalue weighted by Crippen LogP contribution is -2.31. The van der Waals surface area contributed by atoms with Crippen LogP contribution in [0.4, 0.5) is 0 Å². The summed E-state index contributed by atoms with van der Waals surface area (Å²) in [5.74, 6) is 1.49. The van der Waals surface area contributed by atoms with Crippen LogP contribution in [0.15, 0.2) is 60.7 Å². The molecule has 2 aliphatic rings. The molecule has 0 aromatic heterocycles. The molecular formula is C24H28O3. The van der Waals surface area contributed by atoms with Crippen LogP contribution in [0.25, 0.3) is 0 Å². The van der Waals surface area contributed by atoms with Crippen LogP contribution in [0, 0.1) is 17.3 Å². The first kappa shape index (κ1) is 18.4. The van der Waals surface area contributed by atoms with Crippen LogP contribution in [-0.2, 0) is 27.5 Å². The number of hydrogen-bond donors (Lipinski definition) is 0. The Morgan fingerprint density at radius 3 is 1.63 bits per heavy atom. The first-order valence-corrected chi connectivity index (χ1v) is 9.97. The van der Waals surface area contributed by atoms with Gasteiger partial charge in [0.2, 0.25) is 0 Å². The van der Waals surface area contributed by atoms with Gasteiger partial charge in [-0.15, -0.1) is 0 Å². The summed E-state index contributed by atoms with van der Waals surface area (Å²) in [4.78, 5) is 11.8. The summed E-state index contributed by atoms with van der Waals surface area (Å²) in [5, 5.41) is 0. The van der Waals surface area contributed by atoms with Crippen molar-refractivity contribution in [2.75, 3.05) is 13.2 Å². The third-order valence-corrected chi connectivity index (χ3v) is 6.08. The number of fused-ring (bicyclic) bond motifs is 1. The molecule has 0 heterocycles. The van der Waals surface area contributed by atoms with E-state index in [4.69, 9.17) is 9.47 Å². The molecule has 2 fully saturated rings. The van der Waals surface area contributed by atoms with Gasteiger partial charge in [-0.25, -0.2) is 0 Å². The van der Waals surface area contributed by atoms with E-state index in [1.54, 1.807) is 0 Å². The molecule has 4 rings (SSSR count). The Bertz CT molecular complexity index is 677. The normalized spacial score (nSPS) is 23.5. The van der Waals surface area contributed by atoms with E-state index in [0.717, 1.165) is 25.7 Å². The summed E-state index contributed by atoms with van der Waals surface area (Å²) < 4.78 is 12.3. The third kappa shape index (κ3) is 4.66. The Kier molecular flexibility index (Phi) is 5.70. The van der Waals surface area contributed by atoms with Crippen molar-refractivity contribution < 1.29 is 14.3 Å². The summed E-state index contributed by atoms with van der Waals surface area (Å²) in [7, 11) is 0. The molecule has 2 aliphatic carbocycles. The standard InChI is InChI=1S/C24H28O3/c25-23-11-21-13-24(14-22(21)12-23,17-26-15-19-7-3-1-4-8-19)18-27-16-20-9-5-2-6-10-20/h1-10,21-22H,11-18H2. The summed E-state index contributed by atoms with van der Waals surface area (Å²) in [6.07, 6.45) is 3.60. The molecule has 3 heteroatoms. The molecule has 142 valence electrons. The topological polar surface area (TPSA) is 35.5 Å². The second kappa shape index (κ2) is 8.37. The summed E-state index contributed by atoms with van der Waals surface area (Å²) in [6, 6.07) is 20.6. The van der Waals surface area contributed by atoms with Crippen LogP contribution in [-0.4, -0.2) is 19.0 Å². The number of rotatable bonds is 8. The second-order valence-electron chi connectivity index (χ2n) is 8.33. The highest BCUT2D eigenvalue weighted by atomic mass is 16.5. The molecule has 27 heavy (non-hydrogen) atoms. The number of hydrogen-bond acceptors (Lipinski definition) is 3. The molecule has 0 amide bonds. The Morgan fingerprint density at radius 1 is 0.741 bits per heavy atom. The van der Waals surface area contributed by atoms with Gasteiger partial charge in [0.25, 0.3) is 0 Å². The van der Waals surface area contributed by atoms with Gasteiger partial charge in [0, 0.05) is 18.3 Å². The Balaban J connectivity index is 1.36. The summed E-state index contributed by atoms with van der Waals surface area (Å²) >= 11 is 0. The first-order chi connectivity index (χ1) is 13.2. The molecule has 2 atom stereocenters. The maximum atomic E-state index is 11.8. The number of Topliss-reactive ketones (excluding diaryl/α,β-unsaturated/α-hetero) is 1. The zero-order valence-electron chi connectivity index (χ0n) is 15.8. The SMILES string of the molecule is O=C1CC2CC(COCc3ccccc3)(COCc3ccccc3)CC2C1. The van der Waals surface area contributed by atoms with Crippen molar-refractivity contribution >= 4 is 5.78 Å². The molecule has 2 unspecified atom stereocenters. The fourth-order valence-electron chi connectivity index (χ4n) is 4.87.